The average molecular weight is 433 g/mol. The number of rotatable bonds is 8. The lowest BCUT2D eigenvalue weighted by Crippen LogP contribution is -2.30. The van der Waals surface area contributed by atoms with E-state index in [9.17, 15) is 0 Å². The lowest BCUT2D eigenvalue weighted by Gasteiger charge is -2.28. The lowest BCUT2D eigenvalue weighted by atomic mass is 10.0. The molecule has 8 nitrogen and oxygen atoms in total. The monoisotopic (exact) mass is 432 g/mol. The highest BCUT2D eigenvalue weighted by Crippen LogP contribution is 2.29. The number of nitrogens with two attached hydrogens (primary N) is 2. The largest absolute Gasteiger partial charge is 0.481 e. The van der Waals surface area contributed by atoms with Crippen LogP contribution in [0.1, 0.15) is 50.2 Å². The molecule has 0 fully saturated rings. The van der Waals surface area contributed by atoms with Gasteiger partial charge in [0.2, 0.25) is 0 Å². The van der Waals surface area contributed by atoms with E-state index >= 15 is 0 Å². The zero-order valence-corrected chi connectivity index (χ0v) is 18.6. The molecule has 166 valence electrons. The zero-order valence-electron chi connectivity index (χ0n) is 18.6. The first kappa shape index (κ1) is 22.7. The Kier molecular flexibility index (Phi) is 6.16. The summed E-state index contributed by atoms with van der Waals surface area (Å²) in [5.74, 6) is 1.31. The summed E-state index contributed by atoms with van der Waals surface area (Å²) in [6.07, 6.45) is 3.37. The second kappa shape index (κ2) is 8.66. The maximum absolute atomic E-state index is 7.48. The SMILES string of the molecule is CC(C)(Oc1ccc(C(=N)N)cc1)c1cnc(C(C)(C)Oc2ccc(C(=N)N)cc2)cn1. The van der Waals surface area contributed by atoms with Crippen LogP contribution < -0.4 is 20.9 Å². The predicted octanol–water partition coefficient (Wildman–Crippen LogP) is 3.67. The van der Waals surface area contributed by atoms with Crippen molar-refractivity contribution in [1.29, 1.82) is 10.8 Å². The quantitative estimate of drug-likeness (QED) is 0.316. The molecule has 0 saturated heterocycles. The standard InChI is InChI=1S/C24H28N6O2/c1-23(2,31-17-9-5-15(6-10-17)21(25)26)19-13-30-20(14-29-19)24(3,4)32-18-11-7-16(8-12-18)22(27)28/h5-14H,1-4H3,(H3,25,26)(H3,27,28). The van der Waals surface area contributed by atoms with Crippen LogP contribution in [0.4, 0.5) is 0 Å². The molecule has 0 bridgehead atoms. The fourth-order valence-corrected chi connectivity index (χ4v) is 3.05. The summed E-state index contributed by atoms with van der Waals surface area (Å²) in [7, 11) is 0. The lowest BCUT2D eigenvalue weighted by molar-refractivity contribution is 0.0964. The van der Waals surface area contributed by atoms with Gasteiger partial charge >= 0.3 is 0 Å². The summed E-state index contributed by atoms with van der Waals surface area (Å²) in [6.45, 7) is 7.64. The van der Waals surface area contributed by atoms with Crippen molar-refractivity contribution in [2.75, 3.05) is 0 Å². The second-order valence-electron chi connectivity index (χ2n) is 8.39. The normalized spacial score (nSPS) is 11.6. The highest BCUT2D eigenvalue weighted by molar-refractivity contribution is 5.95. The summed E-state index contributed by atoms with van der Waals surface area (Å²) in [5, 5.41) is 15.0. The van der Waals surface area contributed by atoms with Crippen molar-refractivity contribution >= 4 is 11.7 Å². The number of nitrogen functional groups attached to an aromatic ring is 2. The van der Waals surface area contributed by atoms with Gasteiger partial charge < -0.3 is 20.9 Å². The van der Waals surface area contributed by atoms with Gasteiger partial charge in [-0.25, -0.2) is 0 Å². The Hall–Kier alpha value is -3.94. The Labute approximate surface area is 187 Å². The smallest absolute Gasteiger partial charge is 0.147 e. The van der Waals surface area contributed by atoms with Gasteiger partial charge in [0.1, 0.15) is 45.8 Å². The van der Waals surface area contributed by atoms with Gasteiger partial charge in [-0.05, 0) is 76.2 Å². The van der Waals surface area contributed by atoms with E-state index in [1.807, 2.05) is 27.7 Å². The maximum atomic E-state index is 7.48. The molecular weight excluding hydrogens is 404 g/mol. The van der Waals surface area contributed by atoms with Crippen LogP contribution in [0.2, 0.25) is 0 Å². The van der Waals surface area contributed by atoms with E-state index in [0.717, 1.165) is 0 Å². The van der Waals surface area contributed by atoms with Crippen molar-refractivity contribution in [1.82, 2.24) is 9.97 Å². The summed E-state index contributed by atoms with van der Waals surface area (Å²) in [4.78, 5) is 9.14. The first-order chi connectivity index (χ1) is 15.0. The molecule has 0 spiro atoms. The van der Waals surface area contributed by atoms with Crippen molar-refractivity contribution in [3.05, 3.63) is 83.4 Å². The fourth-order valence-electron chi connectivity index (χ4n) is 3.05. The van der Waals surface area contributed by atoms with Gasteiger partial charge in [-0.3, -0.25) is 20.8 Å². The van der Waals surface area contributed by atoms with E-state index < -0.39 is 11.2 Å². The Morgan fingerprint density at radius 1 is 0.656 bits per heavy atom. The predicted molar refractivity (Wildman–Crippen MR) is 124 cm³/mol. The van der Waals surface area contributed by atoms with Crippen LogP contribution in [0.5, 0.6) is 11.5 Å². The molecule has 0 aliphatic carbocycles. The maximum Gasteiger partial charge on any atom is 0.147 e. The number of nitrogens with one attached hydrogen (secondary N) is 2. The number of hydrogen-bond donors (Lipinski definition) is 4. The molecule has 0 atom stereocenters. The van der Waals surface area contributed by atoms with Gasteiger partial charge in [-0.1, -0.05) is 0 Å². The van der Waals surface area contributed by atoms with Gasteiger partial charge in [0.25, 0.3) is 0 Å². The zero-order chi connectivity index (χ0) is 23.5. The molecular formula is C24H28N6O2. The van der Waals surface area contributed by atoms with Crippen molar-refractivity contribution in [3.8, 4) is 11.5 Å². The Bertz CT molecular complexity index is 1010. The molecule has 0 saturated carbocycles. The van der Waals surface area contributed by atoms with E-state index in [1.54, 1.807) is 60.9 Å². The molecule has 2 aromatic carbocycles. The van der Waals surface area contributed by atoms with E-state index in [-0.39, 0.29) is 11.7 Å². The first-order valence-electron chi connectivity index (χ1n) is 10.1. The molecule has 8 heteroatoms. The van der Waals surface area contributed by atoms with Crippen LogP contribution in [0.15, 0.2) is 60.9 Å². The molecule has 1 heterocycles. The summed E-state index contributed by atoms with van der Waals surface area (Å²) in [6, 6.07) is 14.1. The summed E-state index contributed by atoms with van der Waals surface area (Å²) < 4.78 is 12.2. The minimum atomic E-state index is -0.725. The molecule has 0 amide bonds. The first-order valence-corrected chi connectivity index (χ1v) is 10.1. The molecule has 0 unspecified atom stereocenters. The Morgan fingerprint density at radius 2 is 0.969 bits per heavy atom. The topological polar surface area (TPSA) is 144 Å². The third kappa shape index (κ3) is 5.21. The third-order valence-electron chi connectivity index (χ3n) is 4.96. The molecule has 0 aliphatic rings. The number of hydrogen-bond acceptors (Lipinski definition) is 6. The van der Waals surface area contributed by atoms with Crippen LogP contribution in [-0.4, -0.2) is 21.6 Å². The van der Waals surface area contributed by atoms with Crippen molar-refractivity contribution < 1.29 is 9.47 Å². The minimum Gasteiger partial charge on any atom is -0.481 e. The number of nitrogens with zero attached hydrogens (tertiary/aromatic N) is 2. The van der Waals surface area contributed by atoms with Crippen LogP contribution in [0.3, 0.4) is 0 Å². The van der Waals surface area contributed by atoms with E-state index in [1.165, 1.54) is 0 Å². The highest BCUT2D eigenvalue weighted by Gasteiger charge is 2.29. The van der Waals surface area contributed by atoms with Crippen LogP contribution in [-0.2, 0) is 11.2 Å². The van der Waals surface area contributed by atoms with Crippen molar-refractivity contribution in [2.45, 2.75) is 38.9 Å². The number of amidine groups is 2. The second-order valence-corrected chi connectivity index (χ2v) is 8.39. The molecule has 6 N–H and O–H groups in total. The van der Waals surface area contributed by atoms with Gasteiger partial charge in [-0.15, -0.1) is 0 Å². The number of ether oxygens (including phenoxy) is 2. The number of benzene rings is 2. The Morgan fingerprint density at radius 3 is 1.22 bits per heavy atom. The van der Waals surface area contributed by atoms with Crippen molar-refractivity contribution in [2.24, 2.45) is 11.5 Å². The van der Waals surface area contributed by atoms with Crippen LogP contribution in [0, 0.1) is 10.8 Å². The molecule has 3 aromatic rings. The van der Waals surface area contributed by atoms with Crippen LogP contribution in [0.25, 0.3) is 0 Å². The fraction of sp³-hybridized carbons (Fsp3) is 0.250. The van der Waals surface area contributed by atoms with Crippen molar-refractivity contribution in [3.63, 3.8) is 0 Å². The van der Waals surface area contributed by atoms with Crippen LogP contribution >= 0.6 is 0 Å². The molecule has 32 heavy (non-hydrogen) atoms. The number of aromatic nitrogens is 2. The average Bonchev–Trinajstić information content (AvgIpc) is 2.74. The Balaban J connectivity index is 1.73. The van der Waals surface area contributed by atoms with Gasteiger partial charge in [0.05, 0.1) is 12.4 Å². The summed E-state index contributed by atoms with van der Waals surface area (Å²) in [5.41, 5.74) is 12.2. The van der Waals surface area contributed by atoms with Gasteiger partial charge in [-0.2, -0.15) is 0 Å². The van der Waals surface area contributed by atoms with Gasteiger partial charge in [0.15, 0.2) is 0 Å². The van der Waals surface area contributed by atoms with E-state index in [2.05, 4.69) is 9.97 Å². The van der Waals surface area contributed by atoms with E-state index in [4.69, 9.17) is 31.8 Å². The van der Waals surface area contributed by atoms with E-state index in [0.29, 0.717) is 34.0 Å². The third-order valence-corrected chi connectivity index (χ3v) is 4.96. The summed E-state index contributed by atoms with van der Waals surface area (Å²) >= 11 is 0. The molecule has 0 aliphatic heterocycles. The minimum absolute atomic E-state index is 0.0110. The van der Waals surface area contributed by atoms with Gasteiger partial charge in [0, 0.05) is 11.1 Å². The molecule has 3 rings (SSSR count). The molecule has 1 aromatic heterocycles. The molecule has 0 radical (unpaired) electrons. The highest BCUT2D eigenvalue weighted by atomic mass is 16.5.